The number of anilines is 2. The molecule has 0 saturated heterocycles. The van der Waals surface area contributed by atoms with Crippen molar-refractivity contribution in [1.82, 2.24) is 0 Å². The Morgan fingerprint density at radius 2 is 1.79 bits per heavy atom. The minimum absolute atomic E-state index is 0.0120. The smallest absolute Gasteiger partial charge is 0.349 e. The molecule has 0 unspecified atom stereocenters. The van der Waals surface area contributed by atoms with Crippen LogP contribution in [0.25, 0.3) is 0 Å². The minimum Gasteiger partial charge on any atom is -0.465 e. The Hall–Kier alpha value is -2.39. The lowest BCUT2D eigenvalue weighted by atomic mass is 10.2. The van der Waals surface area contributed by atoms with Gasteiger partial charge in [0.2, 0.25) is 5.91 Å². The van der Waals surface area contributed by atoms with Crippen LogP contribution in [0.3, 0.4) is 0 Å². The molecule has 0 spiro atoms. The van der Waals surface area contributed by atoms with E-state index in [0.717, 1.165) is 11.3 Å². The maximum atomic E-state index is 12.5. The Kier molecular flexibility index (Phi) is 5.25. The lowest BCUT2D eigenvalue weighted by Gasteiger charge is -2.15. The fourth-order valence-electron chi connectivity index (χ4n) is 1.90. The highest BCUT2D eigenvalue weighted by atomic mass is 32.2. The van der Waals surface area contributed by atoms with Gasteiger partial charge in [-0.15, -0.1) is 11.3 Å². The van der Waals surface area contributed by atoms with Gasteiger partial charge in [0.15, 0.2) is 0 Å². The third-order valence-corrected chi connectivity index (χ3v) is 5.72. The maximum Gasteiger partial charge on any atom is 0.349 e. The molecule has 1 amide bonds. The van der Waals surface area contributed by atoms with Crippen LogP contribution in [0.5, 0.6) is 0 Å². The van der Waals surface area contributed by atoms with Gasteiger partial charge in [-0.1, -0.05) is 0 Å². The summed E-state index contributed by atoms with van der Waals surface area (Å²) in [5, 5.41) is 1.51. The first-order valence-electron chi connectivity index (χ1n) is 6.79. The minimum atomic E-state index is -3.93. The number of hydrogen-bond acceptors (Lipinski definition) is 6. The van der Waals surface area contributed by atoms with Gasteiger partial charge >= 0.3 is 5.97 Å². The predicted molar refractivity (Wildman–Crippen MR) is 92.0 cm³/mol. The van der Waals surface area contributed by atoms with Crippen LogP contribution in [-0.2, 0) is 19.6 Å². The van der Waals surface area contributed by atoms with Gasteiger partial charge in [-0.2, -0.15) is 0 Å². The molecule has 1 aromatic carbocycles. The molecule has 9 heteroatoms. The van der Waals surface area contributed by atoms with E-state index in [-0.39, 0.29) is 15.7 Å². The van der Waals surface area contributed by atoms with Crippen molar-refractivity contribution in [3.63, 3.8) is 0 Å². The van der Waals surface area contributed by atoms with E-state index >= 15 is 0 Å². The predicted octanol–water partition coefficient (Wildman–Crippen LogP) is 2.32. The second-order valence-electron chi connectivity index (χ2n) is 4.84. The summed E-state index contributed by atoms with van der Waals surface area (Å²) < 4.78 is 31.9. The van der Waals surface area contributed by atoms with E-state index in [4.69, 9.17) is 0 Å². The van der Waals surface area contributed by atoms with E-state index in [1.165, 1.54) is 42.5 Å². The number of amides is 1. The second-order valence-corrected chi connectivity index (χ2v) is 7.40. The van der Waals surface area contributed by atoms with Gasteiger partial charge in [0.1, 0.15) is 9.77 Å². The van der Waals surface area contributed by atoms with Crippen LogP contribution in [0.15, 0.2) is 40.6 Å². The van der Waals surface area contributed by atoms with Crippen molar-refractivity contribution in [2.45, 2.75) is 11.8 Å². The molecule has 0 fully saturated rings. The third kappa shape index (κ3) is 3.74. The number of ether oxygens (including phenoxy) is 1. The zero-order valence-electron chi connectivity index (χ0n) is 13.3. The number of nitrogens with zero attached hydrogens (tertiary/aromatic N) is 1. The lowest BCUT2D eigenvalue weighted by Crippen LogP contribution is -2.22. The highest BCUT2D eigenvalue weighted by Crippen LogP contribution is 2.26. The van der Waals surface area contributed by atoms with Crippen molar-refractivity contribution in [3.8, 4) is 0 Å². The first-order chi connectivity index (χ1) is 11.3. The van der Waals surface area contributed by atoms with Crippen molar-refractivity contribution in [2.75, 3.05) is 23.8 Å². The number of carbonyl (C=O) groups excluding carboxylic acids is 2. The number of benzene rings is 1. The van der Waals surface area contributed by atoms with E-state index in [1.54, 1.807) is 19.2 Å². The summed E-state index contributed by atoms with van der Waals surface area (Å²) in [6.45, 7) is 1.43. The molecule has 0 atom stereocenters. The number of hydrogen-bond donors (Lipinski definition) is 1. The van der Waals surface area contributed by atoms with Crippen molar-refractivity contribution in [2.24, 2.45) is 0 Å². The largest absolute Gasteiger partial charge is 0.465 e. The molecule has 0 bridgehead atoms. The normalized spacial score (nSPS) is 11.0. The molecule has 7 nitrogen and oxygen atoms in total. The summed E-state index contributed by atoms with van der Waals surface area (Å²) in [6, 6.07) is 7.66. The standard InChI is InChI=1S/C15H16N2O5S2/c1-10(18)17(2)12-6-4-11(5-7-12)16-24(20,21)13-8-9-23-14(13)15(19)22-3/h4-9,16H,1-3H3. The summed E-state index contributed by atoms with van der Waals surface area (Å²) in [6.07, 6.45) is 0. The van der Waals surface area contributed by atoms with Crippen LogP contribution in [-0.4, -0.2) is 34.5 Å². The highest BCUT2D eigenvalue weighted by molar-refractivity contribution is 7.93. The van der Waals surface area contributed by atoms with Gasteiger partial charge in [-0.3, -0.25) is 9.52 Å². The Morgan fingerprint density at radius 3 is 2.33 bits per heavy atom. The SMILES string of the molecule is COC(=O)c1sccc1S(=O)(=O)Nc1ccc(N(C)C(C)=O)cc1. The fourth-order valence-corrected chi connectivity index (χ4v) is 4.29. The molecule has 0 aliphatic heterocycles. The van der Waals surface area contributed by atoms with Crippen LogP contribution in [0.2, 0.25) is 0 Å². The molecule has 1 aromatic heterocycles. The van der Waals surface area contributed by atoms with Crippen molar-refractivity contribution >= 4 is 44.6 Å². The maximum absolute atomic E-state index is 12.5. The number of rotatable bonds is 5. The van der Waals surface area contributed by atoms with E-state index in [9.17, 15) is 18.0 Å². The van der Waals surface area contributed by atoms with Crippen molar-refractivity contribution in [3.05, 3.63) is 40.6 Å². The fraction of sp³-hybridized carbons (Fsp3) is 0.200. The Bertz CT molecular complexity index is 856. The average molecular weight is 368 g/mol. The third-order valence-electron chi connectivity index (χ3n) is 3.27. The zero-order chi connectivity index (χ0) is 17.9. The Balaban J connectivity index is 2.26. The van der Waals surface area contributed by atoms with Crippen molar-refractivity contribution < 1.29 is 22.7 Å². The molecule has 0 radical (unpaired) electrons. The number of carbonyl (C=O) groups is 2. The van der Waals surface area contributed by atoms with E-state index in [0.29, 0.717) is 11.4 Å². The van der Waals surface area contributed by atoms with Crippen LogP contribution in [0.4, 0.5) is 11.4 Å². The molecular weight excluding hydrogens is 352 g/mol. The molecular formula is C15H16N2O5S2. The highest BCUT2D eigenvalue weighted by Gasteiger charge is 2.24. The first-order valence-corrected chi connectivity index (χ1v) is 9.15. The van der Waals surface area contributed by atoms with Gasteiger partial charge < -0.3 is 9.64 Å². The number of nitrogens with one attached hydrogen (secondary N) is 1. The summed E-state index contributed by atoms with van der Waals surface area (Å²) >= 11 is 0.991. The molecule has 24 heavy (non-hydrogen) atoms. The molecule has 0 saturated carbocycles. The number of sulfonamides is 1. The molecule has 2 rings (SSSR count). The topological polar surface area (TPSA) is 92.8 Å². The summed E-state index contributed by atoms with van der Waals surface area (Å²) in [4.78, 5) is 24.3. The van der Waals surface area contributed by atoms with Crippen LogP contribution in [0, 0.1) is 0 Å². The summed E-state index contributed by atoms with van der Waals surface area (Å²) in [7, 11) is -1.12. The molecule has 0 aliphatic carbocycles. The van der Waals surface area contributed by atoms with Gasteiger partial charge in [-0.05, 0) is 35.7 Å². The Labute approximate surface area is 143 Å². The van der Waals surface area contributed by atoms with Crippen LogP contribution >= 0.6 is 11.3 Å². The van der Waals surface area contributed by atoms with E-state index in [1.807, 2.05) is 0 Å². The average Bonchev–Trinajstić information content (AvgIpc) is 3.04. The number of esters is 1. The number of thiophene rings is 1. The lowest BCUT2D eigenvalue weighted by molar-refractivity contribution is -0.116. The molecule has 2 aromatic rings. The van der Waals surface area contributed by atoms with Gasteiger partial charge in [-0.25, -0.2) is 13.2 Å². The first kappa shape index (κ1) is 18.0. The van der Waals surface area contributed by atoms with Gasteiger partial charge in [0.25, 0.3) is 10.0 Å². The van der Waals surface area contributed by atoms with Crippen molar-refractivity contribution in [1.29, 1.82) is 0 Å². The van der Waals surface area contributed by atoms with E-state index < -0.39 is 16.0 Å². The monoisotopic (exact) mass is 368 g/mol. The second kappa shape index (κ2) is 7.02. The Morgan fingerprint density at radius 1 is 1.17 bits per heavy atom. The van der Waals surface area contributed by atoms with E-state index in [2.05, 4.69) is 9.46 Å². The molecule has 128 valence electrons. The quantitative estimate of drug-likeness (QED) is 0.818. The summed E-state index contributed by atoms with van der Waals surface area (Å²) in [5.41, 5.74) is 0.953. The van der Waals surface area contributed by atoms with Gasteiger partial charge in [0, 0.05) is 25.3 Å². The van der Waals surface area contributed by atoms with Gasteiger partial charge in [0.05, 0.1) is 7.11 Å². The molecule has 0 aliphatic rings. The summed E-state index contributed by atoms with van der Waals surface area (Å²) in [5.74, 6) is -0.840. The number of methoxy groups -OCH3 is 1. The zero-order valence-corrected chi connectivity index (χ0v) is 14.9. The van der Waals surface area contributed by atoms with Crippen LogP contribution in [0.1, 0.15) is 16.6 Å². The molecule has 1 N–H and O–H groups in total. The molecule has 1 heterocycles. The van der Waals surface area contributed by atoms with Crippen LogP contribution < -0.4 is 9.62 Å².